The summed E-state index contributed by atoms with van der Waals surface area (Å²) < 4.78 is 0. The van der Waals surface area contributed by atoms with Crippen LogP contribution in [-0.4, -0.2) is 20.7 Å². The molecule has 1 N–H and O–H groups in total. The summed E-state index contributed by atoms with van der Waals surface area (Å²) in [5.74, 6) is 2.51. The van der Waals surface area contributed by atoms with Gasteiger partial charge in [0.15, 0.2) is 5.82 Å². The van der Waals surface area contributed by atoms with Crippen LogP contribution in [0, 0.1) is 11.8 Å². The number of carbonyl (C=O) groups is 1. The molecule has 4 nitrogen and oxygen atoms in total. The van der Waals surface area contributed by atoms with E-state index >= 15 is 0 Å². The van der Waals surface area contributed by atoms with E-state index in [1.54, 1.807) is 0 Å². The summed E-state index contributed by atoms with van der Waals surface area (Å²) in [5.41, 5.74) is 4.43. The predicted octanol–water partition coefficient (Wildman–Crippen LogP) is 6.57. The molecule has 1 aromatic rings. The minimum atomic E-state index is 0.0161. The van der Waals surface area contributed by atoms with Gasteiger partial charge in [0, 0.05) is 10.7 Å². The third-order valence-electron chi connectivity index (χ3n) is 7.63. The van der Waals surface area contributed by atoms with Crippen molar-refractivity contribution in [1.29, 1.82) is 0 Å². The number of hydrogen-bond donors (Lipinski definition) is 1. The molecule has 32 heavy (non-hydrogen) atoms. The maximum atomic E-state index is 12.9. The highest BCUT2D eigenvalue weighted by molar-refractivity contribution is 9.09. The van der Waals surface area contributed by atoms with Crippen molar-refractivity contribution in [3.63, 3.8) is 0 Å². The third-order valence-corrected chi connectivity index (χ3v) is 8.31. The lowest BCUT2D eigenvalue weighted by Crippen LogP contribution is -2.26. The fourth-order valence-electron chi connectivity index (χ4n) is 5.87. The van der Waals surface area contributed by atoms with Crippen molar-refractivity contribution in [1.82, 2.24) is 9.97 Å². The van der Waals surface area contributed by atoms with Crippen LogP contribution in [0.3, 0.4) is 0 Å². The molecule has 0 aliphatic heterocycles. The number of nitrogens with zero attached hydrogens (tertiary/aromatic N) is 2. The molecule has 5 rings (SSSR count). The Morgan fingerprint density at radius 3 is 2.78 bits per heavy atom. The van der Waals surface area contributed by atoms with Crippen molar-refractivity contribution < 1.29 is 4.79 Å². The minimum Gasteiger partial charge on any atom is -0.309 e. The van der Waals surface area contributed by atoms with Crippen LogP contribution in [0.4, 0.5) is 5.82 Å². The largest absolute Gasteiger partial charge is 0.309 e. The van der Waals surface area contributed by atoms with Crippen molar-refractivity contribution in [2.75, 3.05) is 5.32 Å². The molecule has 0 aromatic carbocycles. The van der Waals surface area contributed by atoms with Gasteiger partial charge in [-0.05, 0) is 55.9 Å². The van der Waals surface area contributed by atoms with Gasteiger partial charge in [-0.15, -0.1) is 0 Å². The van der Waals surface area contributed by atoms with Crippen LogP contribution < -0.4 is 5.32 Å². The molecule has 1 saturated carbocycles. The number of amides is 1. The second-order valence-corrected chi connectivity index (χ2v) is 11.2. The minimum absolute atomic E-state index is 0.0161. The van der Waals surface area contributed by atoms with Gasteiger partial charge in [-0.25, -0.2) is 4.98 Å². The zero-order valence-electron chi connectivity index (χ0n) is 18.9. The maximum Gasteiger partial charge on any atom is 0.229 e. The van der Waals surface area contributed by atoms with E-state index in [1.807, 2.05) is 0 Å². The van der Waals surface area contributed by atoms with Gasteiger partial charge in [0.25, 0.3) is 0 Å². The lowest BCUT2D eigenvalue weighted by molar-refractivity contribution is -0.115. The number of rotatable bonds is 5. The molecule has 0 bridgehead atoms. The summed E-state index contributed by atoms with van der Waals surface area (Å²) in [6.07, 6.45) is 24.3. The van der Waals surface area contributed by atoms with Gasteiger partial charge in [0.2, 0.25) is 5.91 Å². The molecule has 0 spiro atoms. The lowest BCUT2D eigenvalue weighted by atomic mass is 9.74. The van der Waals surface area contributed by atoms with Crippen molar-refractivity contribution >= 4 is 27.7 Å². The number of anilines is 1. The Kier molecular flexibility index (Phi) is 6.91. The van der Waals surface area contributed by atoms with Crippen LogP contribution in [0.1, 0.15) is 87.2 Å². The number of nitrogens with one attached hydrogen (secondary N) is 1. The number of hydrogen-bond acceptors (Lipinski definition) is 3. The highest BCUT2D eigenvalue weighted by Crippen LogP contribution is 2.42. The van der Waals surface area contributed by atoms with E-state index in [2.05, 4.69) is 51.6 Å². The van der Waals surface area contributed by atoms with E-state index in [-0.39, 0.29) is 5.91 Å². The first-order valence-corrected chi connectivity index (χ1v) is 13.4. The van der Waals surface area contributed by atoms with Crippen LogP contribution in [-0.2, 0) is 17.6 Å². The van der Waals surface area contributed by atoms with Crippen molar-refractivity contribution in [2.24, 2.45) is 11.8 Å². The average Bonchev–Trinajstić information content (AvgIpc) is 2.81. The van der Waals surface area contributed by atoms with Crippen LogP contribution >= 0.6 is 15.9 Å². The summed E-state index contributed by atoms with van der Waals surface area (Å²) in [6.45, 7) is 0. The first-order valence-electron chi connectivity index (χ1n) is 12.5. The van der Waals surface area contributed by atoms with Crippen LogP contribution in [0.25, 0.3) is 0 Å². The van der Waals surface area contributed by atoms with Crippen LogP contribution in [0.2, 0.25) is 0 Å². The smallest absolute Gasteiger partial charge is 0.229 e. The van der Waals surface area contributed by atoms with Gasteiger partial charge in [-0.2, -0.15) is 0 Å². The number of carbonyl (C=O) groups excluding carboxylic acids is 1. The highest BCUT2D eigenvalue weighted by atomic mass is 79.9. The fourth-order valence-corrected chi connectivity index (χ4v) is 6.21. The monoisotopic (exact) mass is 495 g/mol. The molecule has 1 amide bonds. The van der Waals surface area contributed by atoms with E-state index in [0.29, 0.717) is 29.0 Å². The number of aryl methyl sites for hydroxylation is 1. The molecule has 5 heteroatoms. The highest BCUT2D eigenvalue weighted by Gasteiger charge is 2.33. The molecular weight excluding hydrogens is 462 g/mol. The van der Waals surface area contributed by atoms with E-state index in [4.69, 9.17) is 9.97 Å². The van der Waals surface area contributed by atoms with Crippen molar-refractivity contribution in [2.45, 2.75) is 87.8 Å². The lowest BCUT2D eigenvalue weighted by Gasteiger charge is -2.33. The molecule has 4 aliphatic rings. The van der Waals surface area contributed by atoms with Crippen LogP contribution in [0.5, 0.6) is 0 Å². The molecular formula is C27H34BrN3O. The van der Waals surface area contributed by atoms with Crippen molar-refractivity contribution in [3.8, 4) is 0 Å². The number of fused-ring (bicyclic) bond motifs is 3. The Bertz CT molecular complexity index is 944. The molecule has 0 saturated heterocycles. The number of halogens is 1. The molecule has 4 aliphatic carbocycles. The molecule has 3 unspecified atom stereocenters. The predicted molar refractivity (Wildman–Crippen MR) is 133 cm³/mol. The molecule has 1 fully saturated rings. The average molecular weight is 496 g/mol. The standard InChI is InChI=1S/C27H34BrN3O/c28-21-13-10-19(11-14-21)17-25(32)31-27-24(16-18-6-2-1-3-7-18)29-26-22-9-5-4-8-20(22)12-15-23(26)30-27/h4,8,10-11,13,18,20-22H,1-3,5-7,9,12,14-17H2,(H,30,31,32). The number of allylic oxidation sites excluding steroid dienone is 5. The Morgan fingerprint density at radius 2 is 1.97 bits per heavy atom. The van der Waals surface area contributed by atoms with E-state index < -0.39 is 0 Å². The Hall–Kier alpha value is -1.75. The second-order valence-electron chi connectivity index (χ2n) is 9.99. The first kappa shape index (κ1) is 22.1. The van der Waals surface area contributed by atoms with Gasteiger partial charge in [-0.3, -0.25) is 9.78 Å². The van der Waals surface area contributed by atoms with Crippen molar-refractivity contribution in [3.05, 3.63) is 53.0 Å². The quantitative estimate of drug-likeness (QED) is 0.370. The number of aromatic nitrogens is 2. The Morgan fingerprint density at radius 1 is 1.09 bits per heavy atom. The molecule has 170 valence electrons. The van der Waals surface area contributed by atoms with E-state index in [1.165, 1.54) is 44.2 Å². The molecule has 3 atom stereocenters. The van der Waals surface area contributed by atoms with Gasteiger partial charge in [-0.1, -0.05) is 78.4 Å². The Labute approximate surface area is 200 Å². The molecule has 1 aromatic heterocycles. The summed E-state index contributed by atoms with van der Waals surface area (Å²) in [5, 5.41) is 3.17. The van der Waals surface area contributed by atoms with E-state index in [9.17, 15) is 4.79 Å². The number of alkyl halides is 1. The zero-order chi connectivity index (χ0) is 21.9. The molecule has 0 radical (unpaired) electrons. The normalized spacial score (nSPS) is 27.4. The summed E-state index contributed by atoms with van der Waals surface area (Å²) in [4.78, 5) is 23.6. The summed E-state index contributed by atoms with van der Waals surface area (Å²) in [7, 11) is 0. The maximum absolute atomic E-state index is 12.9. The second kappa shape index (κ2) is 10.0. The van der Waals surface area contributed by atoms with Gasteiger partial charge in [0.1, 0.15) is 0 Å². The Balaban J connectivity index is 1.39. The summed E-state index contributed by atoms with van der Waals surface area (Å²) in [6, 6.07) is 0. The van der Waals surface area contributed by atoms with Gasteiger partial charge in [0.05, 0.1) is 23.5 Å². The molecule has 1 heterocycles. The first-order chi connectivity index (χ1) is 15.7. The summed E-state index contributed by atoms with van der Waals surface area (Å²) >= 11 is 3.60. The third kappa shape index (κ3) is 5.08. The zero-order valence-corrected chi connectivity index (χ0v) is 20.4. The SMILES string of the molecule is O=C(CC1=CCC(Br)C=C1)Nc1nc2c(nc1CC1CCCCC1)C1CCC=CC1CC2. The fraction of sp³-hybridized carbons (Fsp3) is 0.593. The van der Waals surface area contributed by atoms with Crippen LogP contribution in [0.15, 0.2) is 36.0 Å². The van der Waals surface area contributed by atoms with E-state index in [0.717, 1.165) is 54.9 Å². The topological polar surface area (TPSA) is 54.9 Å². The van der Waals surface area contributed by atoms with Gasteiger partial charge >= 0.3 is 0 Å². The van der Waals surface area contributed by atoms with Gasteiger partial charge < -0.3 is 5.32 Å².